The van der Waals surface area contributed by atoms with Gasteiger partial charge >= 0.3 is 0 Å². The molecule has 1 heteroatoms. The summed E-state index contributed by atoms with van der Waals surface area (Å²) in [6, 6.07) is 0. The van der Waals surface area contributed by atoms with E-state index in [4.69, 9.17) is 0 Å². The first-order chi connectivity index (χ1) is 4.47. The Morgan fingerprint density at radius 3 is 2.70 bits per heavy atom. The Kier molecular flexibility index (Phi) is 2.59. The van der Waals surface area contributed by atoms with Crippen molar-refractivity contribution in [2.75, 3.05) is 0 Å². The van der Waals surface area contributed by atoms with Crippen LogP contribution in [0.25, 0.3) is 0 Å². The van der Waals surface area contributed by atoms with Gasteiger partial charge in [-0.25, -0.2) is 0 Å². The minimum atomic E-state index is 0. The number of allylic oxidation sites excluding steroid dienone is 2. The summed E-state index contributed by atoms with van der Waals surface area (Å²) >= 11 is 0. The van der Waals surface area contributed by atoms with E-state index < -0.39 is 0 Å². The molecular formula is C9H14B. The lowest BCUT2D eigenvalue weighted by molar-refractivity contribution is 0.304. The summed E-state index contributed by atoms with van der Waals surface area (Å²) in [6.07, 6.45) is 12.1. The van der Waals surface area contributed by atoms with Gasteiger partial charge in [-0.2, -0.15) is 0 Å². The molecule has 0 saturated heterocycles. The van der Waals surface area contributed by atoms with Crippen LogP contribution < -0.4 is 0 Å². The lowest BCUT2D eigenvalue weighted by Crippen LogP contribution is -2.12. The molecule has 0 N–H and O–H groups in total. The monoisotopic (exact) mass is 133 g/mol. The molecule has 2 aliphatic carbocycles. The highest BCUT2D eigenvalue weighted by Gasteiger charge is 2.24. The first-order valence-electron chi connectivity index (χ1n) is 4.13. The highest BCUT2D eigenvalue weighted by atomic mass is 14.3. The molecule has 0 aromatic heterocycles. The molecule has 2 rings (SSSR count). The summed E-state index contributed by atoms with van der Waals surface area (Å²) in [4.78, 5) is 0. The van der Waals surface area contributed by atoms with E-state index in [0.717, 1.165) is 11.8 Å². The maximum atomic E-state index is 2.43. The minimum Gasteiger partial charge on any atom is -0.0880 e. The van der Waals surface area contributed by atoms with E-state index in [-0.39, 0.29) is 8.41 Å². The number of fused-ring (bicyclic) bond motifs is 1. The predicted molar refractivity (Wildman–Crippen MR) is 45.0 cm³/mol. The quantitative estimate of drug-likeness (QED) is 0.351. The first kappa shape index (κ1) is 7.91. The van der Waals surface area contributed by atoms with Crippen LogP contribution in [0.4, 0.5) is 0 Å². The van der Waals surface area contributed by atoms with Crippen LogP contribution in [0, 0.1) is 11.8 Å². The van der Waals surface area contributed by atoms with Crippen molar-refractivity contribution in [3.05, 3.63) is 12.2 Å². The van der Waals surface area contributed by atoms with E-state index in [9.17, 15) is 0 Å². The second-order valence-electron chi connectivity index (χ2n) is 3.37. The van der Waals surface area contributed by atoms with Crippen LogP contribution in [0.1, 0.15) is 32.1 Å². The van der Waals surface area contributed by atoms with Crippen molar-refractivity contribution in [2.24, 2.45) is 11.8 Å². The fourth-order valence-electron chi connectivity index (χ4n) is 2.21. The molecule has 3 radical (unpaired) electrons. The Hall–Kier alpha value is -0.195. The molecule has 0 aromatic carbocycles. The van der Waals surface area contributed by atoms with E-state index in [1.165, 1.54) is 32.1 Å². The molecule has 2 unspecified atom stereocenters. The van der Waals surface area contributed by atoms with E-state index in [1.54, 1.807) is 0 Å². The molecule has 0 heterocycles. The number of hydrogen-bond donors (Lipinski definition) is 0. The van der Waals surface area contributed by atoms with Gasteiger partial charge in [0.1, 0.15) is 0 Å². The standard InChI is InChI=1S/C9H14.B/c1-2-5-9-7-3-6-8(9)4-1;/h3,6,8-9H,1-2,4-5,7H2;. The van der Waals surface area contributed by atoms with E-state index >= 15 is 0 Å². The molecule has 2 atom stereocenters. The molecule has 0 bridgehead atoms. The molecule has 0 spiro atoms. The molecule has 0 nitrogen and oxygen atoms in total. The topological polar surface area (TPSA) is 0 Å². The fourth-order valence-corrected chi connectivity index (χ4v) is 2.21. The molecule has 1 fully saturated rings. The molecule has 0 aromatic rings. The summed E-state index contributed by atoms with van der Waals surface area (Å²) in [6.45, 7) is 0. The largest absolute Gasteiger partial charge is 0.0880 e. The van der Waals surface area contributed by atoms with Gasteiger partial charge in [0.15, 0.2) is 0 Å². The van der Waals surface area contributed by atoms with Crippen molar-refractivity contribution in [1.82, 2.24) is 0 Å². The third-order valence-electron chi connectivity index (χ3n) is 2.79. The molecular weight excluding hydrogens is 119 g/mol. The zero-order valence-corrected chi connectivity index (χ0v) is 6.42. The van der Waals surface area contributed by atoms with Gasteiger partial charge in [0, 0.05) is 8.41 Å². The highest BCUT2D eigenvalue weighted by molar-refractivity contribution is 5.75. The summed E-state index contributed by atoms with van der Waals surface area (Å²) in [5.74, 6) is 2.04. The van der Waals surface area contributed by atoms with Crippen LogP contribution >= 0.6 is 0 Å². The summed E-state index contributed by atoms with van der Waals surface area (Å²) in [5.41, 5.74) is 0. The zero-order chi connectivity index (χ0) is 6.10. The minimum absolute atomic E-state index is 0. The van der Waals surface area contributed by atoms with Crippen molar-refractivity contribution in [1.29, 1.82) is 0 Å². The van der Waals surface area contributed by atoms with Gasteiger partial charge in [0.2, 0.25) is 0 Å². The first-order valence-corrected chi connectivity index (χ1v) is 4.13. The Morgan fingerprint density at radius 1 is 1.10 bits per heavy atom. The Bertz CT molecular complexity index is 129. The van der Waals surface area contributed by atoms with Gasteiger partial charge in [0.25, 0.3) is 0 Å². The summed E-state index contributed by atoms with van der Waals surface area (Å²) in [5, 5.41) is 0. The van der Waals surface area contributed by atoms with Crippen molar-refractivity contribution in [3.8, 4) is 0 Å². The normalized spacial score (nSPS) is 36.8. The number of rotatable bonds is 0. The molecule has 0 amide bonds. The molecule has 53 valence electrons. The van der Waals surface area contributed by atoms with Crippen LogP contribution in [-0.2, 0) is 0 Å². The third kappa shape index (κ3) is 1.28. The van der Waals surface area contributed by atoms with Crippen molar-refractivity contribution in [2.45, 2.75) is 32.1 Å². The van der Waals surface area contributed by atoms with Gasteiger partial charge in [-0.1, -0.05) is 25.0 Å². The molecule has 1 saturated carbocycles. The van der Waals surface area contributed by atoms with Gasteiger partial charge in [0.05, 0.1) is 0 Å². The van der Waals surface area contributed by atoms with Crippen LogP contribution in [-0.4, -0.2) is 8.41 Å². The van der Waals surface area contributed by atoms with Crippen molar-refractivity contribution < 1.29 is 0 Å². The maximum absolute atomic E-state index is 2.43. The third-order valence-corrected chi connectivity index (χ3v) is 2.79. The second-order valence-corrected chi connectivity index (χ2v) is 3.37. The number of hydrogen-bond acceptors (Lipinski definition) is 0. The average molecular weight is 133 g/mol. The Morgan fingerprint density at radius 2 is 1.90 bits per heavy atom. The average Bonchev–Trinajstić information content (AvgIpc) is 2.33. The van der Waals surface area contributed by atoms with Crippen LogP contribution in [0.2, 0.25) is 0 Å². The van der Waals surface area contributed by atoms with Gasteiger partial charge in [-0.05, 0) is 31.1 Å². The van der Waals surface area contributed by atoms with E-state index in [1.807, 2.05) is 0 Å². The zero-order valence-electron chi connectivity index (χ0n) is 6.42. The van der Waals surface area contributed by atoms with Crippen LogP contribution in [0.15, 0.2) is 12.2 Å². The predicted octanol–water partition coefficient (Wildman–Crippen LogP) is 2.37. The lowest BCUT2D eigenvalue weighted by Gasteiger charge is -2.23. The van der Waals surface area contributed by atoms with Gasteiger partial charge in [-0.3, -0.25) is 0 Å². The SMILES string of the molecule is C1=CC2CCCCC2C1.[B]. The fraction of sp³-hybridized carbons (Fsp3) is 0.778. The van der Waals surface area contributed by atoms with Gasteiger partial charge in [-0.15, -0.1) is 0 Å². The molecule has 2 aliphatic rings. The molecule has 0 aliphatic heterocycles. The Balaban J connectivity index is 0.000000500. The highest BCUT2D eigenvalue weighted by Crippen LogP contribution is 2.37. The maximum Gasteiger partial charge on any atom is 0 e. The smallest absolute Gasteiger partial charge is 0 e. The summed E-state index contributed by atoms with van der Waals surface area (Å²) < 4.78 is 0. The van der Waals surface area contributed by atoms with Crippen molar-refractivity contribution in [3.63, 3.8) is 0 Å². The Labute approximate surface area is 65.3 Å². The summed E-state index contributed by atoms with van der Waals surface area (Å²) in [7, 11) is 0. The molecule has 10 heavy (non-hydrogen) atoms. The lowest BCUT2D eigenvalue weighted by atomic mass is 9.82. The van der Waals surface area contributed by atoms with E-state index in [0.29, 0.717) is 0 Å². The van der Waals surface area contributed by atoms with Crippen LogP contribution in [0.5, 0.6) is 0 Å². The van der Waals surface area contributed by atoms with Crippen LogP contribution in [0.3, 0.4) is 0 Å². The van der Waals surface area contributed by atoms with Crippen molar-refractivity contribution >= 4 is 8.41 Å². The van der Waals surface area contributed by atoms with E-state index in [2.05, 4.69) is 12.2 Å². The van der Waals surface area contributed by atoms with Gasteiger partial charge < -0.3 is 0 Å². The second kappa shape index (κ2) is 3.27.